The number of hydrogen-bond acceptors (Lipinski definition) is 3. The molecule has 0 aromatic heterocycles. The van der Waals surface area contributed by atoms with Crippen molar-refractivity contribution in [2.24, 2.45) is 11.7 Å². The molecule has 84 valence electrons. The Morgan fingerprint density at radius 2 is 1.86 bits per heavy atom. The van der Waals surface area contributed by atoms with E-state index >= 15 is 0 Å². The summed E-state index contributed by atoms with van der Waals surface area (Å²) in [5, 5.41) is 19.1. The minimum Gasteiger partial charge on any atom is -0.364 e. The fourth-order valence-electron chi connectivity index (χ4n) is 2.23. The lowest BCUT2D eigenvalue weighted by Gasteiger charge is -2.31. The van der Waals surface area contributed by atoms with Crippen LogP contribution in [0.15, 0.2) is 0 Å². The maximum absolute atomic E-state index is 9.55. The summed E-state index contributed by atoms with van der Waals surface area (Å²) in [7, 11) is 0. The smallest absolute Gasteiger partial charge is 0.177 e. The van der Waals surface area contributed by atoms with Crippen LogP contribution < -0.4 is 5.73 Å². The molecule has 4 N–H and O–H groups in total. The molecular formula is C11H23NO2. The van der Waals surface area contributed by atoms with Gasteiger partial charge in [0.05, 0.1) is 6.04 Å². The van der Waals surface area contributed by atoms with E-state index in [-0.39, 0.29) is 0 Å². The zero-order chi connectivity index (χ0) is 10.6. The Hall–Kier alpha value is -0.120. The van der Waals surface area contributed by atoms with E-state index in [1.807, 2.05) is 0 Å². The van der Waals surface area contributed by atoms with E-state index in [9.17, 15) is 10.2 Å². The Morgan fingerprint density at radius 3 is 2.36 bits per heavy atom. The van der Waals surface area contributed by atoms with Gasteiger partial charge in [-0.3, -0.25) is 0 Å². The van der Waals surface area contributed by atoms with Crippen LogP contribution in [0.5, 0.6) is 0 Å². The van der Waals surface area contributed by atoms with Crippen LogP contribution in [0, 0.1) is 5.92 Å². The Kier molecular flexibility index (Phi) is 4.35. The number of nitrogens with two attached hydrogens (primary N) is 1. The van der Waals surface area contributed by atoms with Crippen LogP contribution in [0.1, 0.15) is 51.9 Å². The summed E-state index contributed by atoms with van der Waals surface area (Å²) in [5.41, 5.74) is 5.79. The number of hydrogen-bond donors (Lipinski definition) is 3. The first-order valence-corrected chi connectivity index (χ1v) is 5.76. The maximum atomic E-state index is 9.55. The van der Waals surface area contributed by atoms with Gasteiger partial charge < -0.3 is 15.9 Å². The number of rotatable bonds is 4. The van der Waals surface area contributed by atoms with Crippen LogP contribution >= 0.6 is 0 Å². The van der Waals surface area contributed by atoms with Crippen LogP contribution in [-0.2, 0) is 0 Å². The van der Waals surface area contributed by atoms with Crippen LogP contribution in [-0.4, -0.2) is 22.0 Å². The minimum atomic E-state index is -1.67. The summed E-state index contributed by atoms with van der Waals surface area (Å²) < 4.78 is 0. The molecular weight excluding hydrogens is 178 g/mol. The topological polar surface area (TPSA) is 66.5 Å². The molecule has 3 heteroatoms. The van der Waals surface area contributed by atoms with Crippen molar-refractivity contribution in [3.8, 4) is 0 Å². The minimum absolute atomic E-state index is 0.306. The molecule has 0 heterocycles. The van der Waals surface area contributed by atoms with E-state index in [2.05, 4.69) is 0 Å². The van der Waals surface area contributed by atoms with Gasteiger partial charge in [-0.25, -0.2) is 0 Å². The second-order valence-corrected chi connectivity index (χ2v) is 4.58. The predicted octanol–water partition coefficient (Wildman–Crippen LogP) is 1.37. The monoisotopic (exact) mass is 201 g/mol. The molecule has 14 heavy (non-hydrogen) atoms. The van der Waals surface area contributed by atoms with Crippen molar-refractivity contribution in [3.63, 3.8) is 0 Å². The van der Waals surface area contributed by atoms with Gasteiger partial charge >= 0.3 is 0 Å². The summed E-state index contributed by atoms with van der Waals surface area (Å²) in [4.78, 5) is 0. The van der Waals surface area contributed by atoms with Gasteiger partial charge in [-0.15, -0.1) is 0 Å². The third-order valence-corrected chi connectivity index (χ3v) is 3.43. The number of aliphatic hydroxyl groups is 2. The average molecular weight is 201 g/mol. The highest BCUT2D eigenvalue weighted by Gasteiger charge is 2.31. The average Bonchev–Trinajstić information content (AvgIpc) is 2.19. The molecule has 1 fully saturated rings. The molecule has 0 bridgehead atoms. The van der Waals surface area contributed by atoms with Crippen LogP contribution in [0.3, 0.4) is 0 Å². The van der Waals surface area contributed by atoms with E-state index in [1.165, 1.54) is 32.1 Å². The lowest BCUT2D eigenvalue weighted by Crippen LogP contribution is -2.48. The van der Waals surface area contributed by atoms with Crippen molar-refractivity contribution in [1.29, 1.82) is 0 Å². The highest BCUT2D eigenvalue weighted by molar-refractivity contribution is 4.81. The lowest BCUT2D eigenvalue weighted by atomic mass is 9.83. The fraction of sp³-hybridized carbons (Fsp3) is 1.00. The van der Waals surface area contributed by atoms with Gasteiger partial charge in [0.15, 0.2) is 5.79 Å². The van der Waals surface area contributed by atoms with Crippen LogP contribution in [0.4, 0.5) is 0 Å². The highest BCUT2D eigenvalue weighted by atomic mass is 16.5. The van der Waals surface area contributed by atoms with Crippen molar-refractivity contribution < 1.29 is 10.2 Å². The molecule has 1 rings (SSSR count). The van der Waals surface area contributed by atoms with Gasteiger partial charge in [0.25, 0.3) is 0 Å². The molecule has 0 radical (unpaired) electrons. The first-order chi connectivity index (χ1) is 6.56. The predicted molar refractivity (Wildman–Crippen MR) is 56.6 cm³/mol. The summed E-state index contributed by atoms with van der Waals surface area (Å²) in [5.74, 6) is -1.07. The van der Waals surface area contributed by atoms with E-state index in [0.717, 1.165) is 6.42 Å². The zero-order valence-electron chi connectivity index (χ0n) is 9.08. The van der Waals surface area contributed by atoms with E-state index in [1.54, 1.807) is 6.92 Å². The normalized spacial score (nSPS) is 22.3. The largest absolute Gasteiger partial charge is 0.364 e. The summed E-state index contributed by atoms with van der Waals surface area (Å²) in [6.07, 6.45) is 7.33. The molecule has 1 saturated carbocycles. The third kappa shape index (κ3) is 3.23. The molecule has 0 saturated heterocycles. The molecule has 0 aliphatic heterocycles. The molecule has 1 aliphatic rings. The third-order valence-electron chi connectivity index (χ3n) is 3.43. The maximum Gasteiger partial charge on any atom is 0.177 e. The molecule has 1 atom stereocenters. The summed E-state index contributed by atoms with van der Waals surface area (Å²) >= 11 is 0. The second-order valence-electron chi connectivity index (χ2n) is 4.58. The fourth-order valence-corrected chi connectivity index (χ4v) is 2.23. The van der Waals surface area contributed by atoms with E-state index in [0.29, 0.717) is 12.3 Å². The van der Waals surface area contributed by atoms with Crippen molar-refractivity contribution in [2.45, 2.75) is 63.7 Å². The standard InChI is InChI=1S/C11H23NO2/c1-2-11(13,14)10(12)8-9-6-4-3-5-7-9/h9-10,13-14H,2-8,12H2,1H3. The molecule has 0 spiro atoms. The van der Waals surface area contributed by atoms with Gasteiger partial charge in [-0.1, -0.05) is 39.0 Å². The molecule has 0 aromatic carbocycles. The van der Waals surface area contributed by atoms with Gasteiger partial charge in [0.2, 0.25) is 0 Å². The molecule has 0 amide bonds. The van der Waals surface area contributed by atoms with E-state index in [4.69, 9.17) is 5.73 Å². The summed E-state index contributed by atoms with van der Waals surface area (Å²) in [6, 6.07) is -0.490. The zero-order valence-corrected chi connectivity index (χ0v) is 9.08. The second kappa shape index (κ2) is 5.10. The molecule has 1 unspecified atom stereocenters. The first kappa shape index (κ1) is 12.0. The quantitative estimate of drug-likeness (QED) is 0.602. The molecule has 0 aromatic rings. The molecule has 1 aliphatic carbocycles. The Morgan fingerprint density at radius 1 is 1.29 bits per heavy atom. The van der Waals surface area contributed by atoms with Crippen LogP contribution in [0.2, 0.25) is 0 Å². The Labute approximate surface area is 86.3 Å². The van der Waals surface area contributed by atoms with Gasteiger partial charge in [-0.05, 0) is 18.8 Å². The highest BCUT2D eigenvalue weighted by Crippen LogP contribution is 2.29. The van der Waals surface area contributed by atoms with Gasteiger partial charge in [-0.2, -0.15) is 0 Å². The van der Waals surface area contributed by atoms with Crippen molar-refractivity contribution in [2.75, 3.05) is 0 Å². The van der Waals surface area contributed by atoms with E-state index < -0.39 is 11.8 Å². The first-order valence-electron chi connectivity index (χ1n) is 5.76. The van der Waals surface area contributed by atoms with Crippen LogP contribution in [0.25, 0.3) is 0 Å². The van der Waals surface area contributed by atoms with Gasteiger partial charge in [0.1, 0.15) is 0 Å². The van der Waals surface area contributed by atoms with Crippen molar-refractivity contribution >= 4 is 0 Å². The van der Waals surface area contributed by atoms with Crippen molar-refractivity contribution in [1.82, 2.24) is 0 Å². The Bertz CT molecular complexity index is 165. The molecule has 3 nitrogen and oxygen atoms in total. The summed E-state index contributed by atoms with van der Waals surface area (Å²) in [6.45, 7) is 1.75. The van der Waals surface area contributed by atoms with Gasteiger partial charge in [0, 0.05) is 0 Å². The Balaban J connectivity index is 2.34. The lowest BCUT2D eigenvalue weighted by molar-refractivity contribution is -0.181. The SMILES string of the molecule is CCC(O)(O)C(N)CC1CCCCC1. The van der Waals surface area contributed by atoms with Crippen molar-refractivity contribution in [3.05, 3.63) is 0 Å².